The second kappa shape index (κ2) is 9.67. The number of hydrogen-bond donors (Lipinski definition) is 1. The maximum atomic E-state index is 6.19. The lowest BCUT2D eigenvalue weighted by Gasteiger charge is -2.15. The third-order valence-corrected chi connectivity index (χ3v) is 5.75. The number of nitrogens with one attached hydrogen (secondary N) is 1. The fourth-order valence-electron chi connectivity index (χ4n) is 2.93. The van der Waals surface area contributed by atoms with Gasteiger partial charge in [-0.15, -0.1) is 11.3 Å². The van der Waals surface area contributed by atoms with Crippen molar-refractivity contribution in [3.63, 3.8) is 0 Å². The number of hydrogen-bond acceptors (Lipinski definition) is 4. The van der Waals surface area contributed by atoms with Crippen molar-refractivity contribution in [2.45, 2.75) is 39.2 Å². The molecule has 0 saturated carbocycles. The van der Waals surface area contributed by atoms with Gasteiger partial charge in [-0.1, -0.05) is 50.2 Å². The molecular weight excluding hydrogens is 352 g/mol. The molecule has 0 aliphatic rings. The highest BCUT2D eigenvalue weighted by atomic mass is 32.1. The Balaban J connectivity index is 1.88. The molecule has 0 fully saturated rings. The van der Waals surface area contributed by atoms with Gasteiger partial charge in [0.15, 0.2) is 0 Å². The molecule has 1 unspecified atom stereocenters. The third-order valence-electron chi connectivity index (χ3n) is 4.84. The molecule has 2 aromatic carbocycles. The number of likely N-dealkylation sites (N-methyl/N-ethyl adjacent to an activating group) is 1. The molecule has 1 heterocycles. The van der Waals surface area contributed by atoms with Crippen molar-refractivity contribution in [2.24, 2.45) is 0 Å². The molecule has 1 N–H and O–H groups in total. The maximum Gasteiger partial charge on any atom is 0.129 e. The van der Waals surface area contributed by atoms with Gasteiger partial charge in [-0.25, -0.2) is 4.98 Å². The van der Waals surface area contributed by atoms with E-state index < -0.39 is 0 Å². The average molecular weight is 381 g/mol. The van der Waals surface area contributed by atoms with Gasteiger partial charge in [0.2, 0.25) is 0 Å². The second-order valence-electron chi connectivity index (χ2n) is 6.82. The van der Waals surface area contributed by atoms with Gasteiger partial charge in [-0.2, -0.15) is 0 Å². The minimum atomic E-state index is 0.523. The van der Waals surface area contributed by atoms with Gasteiger partial charge in [0, 0.05) is 23.9 Å². The number of aromatic nitrogens is 1. The van der Waals surface area contributed by atoms with Crippen molar-refractivity contribution in [3.05, 3.63) is 70.0 Å². The molecule has 4 heteroatoms. The van der Waals surface area contributed by atoms with Crippen LogP contribution in [0.1, 0.15) is 42.3 Å². The molecular formula is C23H28N2OS. The van der Waals surface area contributed by atoms with Crippen molar-refractivity contribution >= 4 is 11.3 Å². The van der Waals surface area contributed by atoms with Crippen LogP contribution in [0, 0.1) is 0 Å². The van der Waals surface area contributed by atoms with E-state index in [0.717, 1.165) is 41.4 Å². The van der Waals surface area contributed by atoms with E-state index in [4.69, 9.17) is 9.72 Å². The number of thiazole rings is 1. The first-order valence-corrected chi connectivity index (χ1v) is 10.5. The first-order chi connectivity index (χ1) is 13.2. The van der Waals surface area contributed by atoms with Gasteiger partial charge < -0.3 is 10.1 Å². The Morgan fingerprint density at radius 3 is 2.70 bits per heavy atom. The topological polar surface area (TPSA) is 34.1 Å². The third kappa shape index (κ3) is 5.18. The molecule has 27 heavy (non-hydrogen) atoms. The summed E-state index contributed by atoms with van der Waals surface area (Å²) in [6.45, 7) is 6.00. The Bertz CT molecular complexity index is 845. The summed E-state index contributed by atoms with van der Waals surface area (Å²) >= 11 is 1.72. The molecule has 1 atom stereocenters. The zero-order chi connectivity index (χ0) is 19.1. The minimum absolute atomic E-state index is 0.523. The zero-order valence-corrected chi connectivity index (χ0v) is 17.2. The average Bonchev–Trinajstić information content (AvgIpc) is 3.19. The molecule has 3 rings (SSSR count). The molecule has 3 aromatic rings. The van der Waals surface area contributed by atoms with E-state index in [9.17, 15) is 0 Å². The summed E-state index contributed by atoms with van der Waals surface area (Å²) < 4.78 is 6.19. The van der Waals surface area contributed by atoms with Crippen molar-refractivity contribution < 1.29 is 4.74 Å². The number of rotatable bonds is 9. The molecule has 0 saturated heterocycles. The Kier molecular flexibility index (Phi) is 7.02. The first kappa shape index (κ1) is 19.6. The Hall–Kier alpha value is -2.17. The van der Waals surface area contributed by atoms with Crippen LogP contribution in [0.5, 0.6) is 5.75 Å². The smallest absolute Gasteiger partial charge is 0.129 e. The molecule has 0 aliphatic heterocycles. The van der Waals surface area contributed by atoms with Crippen LogP contribution in [-0.4, -0.2) is 18.6 Å². The van der Waals surface area contributed by atoms with Crippen LogP contribution in [-0.2, 0) is 13.0 Å². The van der Waals surface area contributed by atoms with Gasteiger partial charge in [0.1, 0.15) is 12.4 Å². The molecule has 3 nitrogen and oxygen atoms in total. The van der Waals surface area contributed by atoms with E-state index in [2.05, 4.69) is 54.9 Å². The van der Waals surface area contributed by atoms with Crippen LogP contribution < -0.4 is 10.1 Å². The summed E-state index contributed by atoms with van der Waals surface area (Å²) in [5.41, 5.74) is 4.61. The summed E-state index contributed by atoms with van der Waals surface area (Å²) in [7, 11) is 1.97. The van der Waals surface area contributed by atoms with Crippen LogP contribution >= 0.6 is 11.3 Å². The molecule has 0 aliphatic carbocycles. The highest BCUT2D eigenvalue weighted by molar-refractivity contribution is 7.09. The van der Waals surface area contributed by atoms with Gasteiger partial charge in [-0.3, -0.25) is 0 Å². The van der Waals surface area contributed by atoms with E-state index in [1.807, 2.05) is 25.2 Å². The molecule has 0 spiro atoms. The van der Waals surface area contributed by atoms with Crippen LogP contribution in [0.4, 0.5) is 0 Å². The number of benzene rings is 2. The highest BCUT2D eigenvalue weighted by Crippen LogP contribution is 2.35. The summed E-state index contributed by atoms with van der Waals surface area (Å²) in [5.74, 6) is 1.42. The van der Waals surface area contributed by atoms with Crippen molar-refractivity contribution in [2.75, 3.05) is 13.6 Å². The molecule has 0 radical (unpaired) electrons. The Labute approximate surface area is 166 Å². The van der Waals surface area contributed by atoms with Gasteiger partial charge in [0.05, 0.1) is 10.7 Å². The monoisotopic (exact) mass is 380 g/mol. The molecule has 0 amide bonds. The van der Waals surface area contributed by atoms with Crippen molar-refractivity contribution in [1.29, 1.82) is 0 Å². The Morgan fingerprint density at radius 1 is 1.15 bits per heavy atom. The van der Waals surface area contributed by atoms with E-state index >= 15 is 0 Å². The normalized spacial score (nSPS) is 12.1. The summed E-state index contributed by atoms with van der Waals surface area (Å²) in [6.07, 6.45) is 2.07. The highest BCUT2D eigenvalue weighted by Gasteiger charge is 2.14. The number of nitrogens with zero attached hydrogens (tertiary/aromatic N) is 1. The molecule has 0 bridgehead atoms. The Morgan fingerprint density at radius 2 is 1.96 bits per heavy atom. The van der Waals surface area contributed by atoms with Gasteiger partial charge in [-0.05, 0) is 42.6 Å². The second-order valence-corrected chi connectivity index (χ2v) is 7.76. The summed E-state index contributed by atoms with van der Waals surface area (Å²) in [6, 6.07) is 16.8. The fourth-order valence-corrected chi connectivity index (χ4v) is 3.73. The molecule has 142 valence electrons. The van der Waals surface area contributed by atoms with Crippen LogP contribution in [0.2, 0.25) is 0 Å². The van der Waals surface area contributed by atoms with E-state index in [1.54, 1.807) is 11.3 Å². The standard InChI is InChI=1S/C23H28N2OS/c1-4-17(2)19-10-11-22(26-15-18-8-6-5-7-9-18)20(14-19)21-16-27-23(25-21)12-13-24-3/h5-11,14,16-17,24H,4,12-13,15H2,1-3H3. The fraction of sp³-hybridized carbons (Fsp3) is 0.348. The lowest BCUT2D eigenvalue weighted by atomic mass is 9.96. The lowest BCUT2D eigenvalue weighted by Crippen LogP contribution is -2.10. The quantitative estimate of drug-likeness (QED) is 0.520. The van der Waals surface area contributed by atoms with E-state index in [1.165, 1.54) is 11.1 Å². The van der Waals surface area contributed by atoms with Crippen LogP contribution in [0.15, 0.2) is 53.9 Å². The maximum absolute atomic E-state index is 6.19. The van der Waals surface area contributed by atoms with Gasteiger partial charge >= 0.3 is 0 Å². The zero-order valence-electron chi connectivity index (χ0n) is 16.4. The van der Waals surface area contributed by atoms with Crippen molar-refractivity contribution in [3.8, 4) is 17.0 Å². The van der Waals surface area contributed by atoms with E-state index in [-0.39, 0.29) is 0 Å². The van der Waals surface area contributed by atoms with Crippen LogP contribution in [0.3, 0.4) is 0 Å². The lowest BCUT2D eigenvalue weighted by molar-refractivity contribution is 0.307. The predicted molar refractivity (Wildman–Crippen MR) is 115 cm³/mol. The summed E-state index contributed by atoms with van der Waals surface area (Å²) in [4.78, 5) is 4.86. The van der Waals surface area contributed by atoms with E-state index in [0.29, 0.717) is 12.5 Å². The molecule has 1 aromatic heterocycles. The largest absolute Gasteiger partial charge is 0.488 e. The summed E-state index contributed by atoms with van der Waals surface area (Å²) in [5, 5.41) is 6.49. The number of ether oxygens (including phenoxy) is 1. The van der Waals surface area contributed by atoms with Gasteiger partial charge in [0.25, 0.3) is 0 Å². The van der Waals surface area contributed by atoms with Crippen LogP contribution in [0.25, 0.3) is 11.3 Å². The predicted octanol–water partition coefficient (Wildman–Crippen LogP) is 5.66. The van der Waals surface area contributed by atoms with Crippen molar-refractivity contribution in [1.82, 2.24) is 10.3 Å². The minimum Gasteiger partial charge on any atom is -0.488 e. The SMILES string of the molecule is CCC(C)c1ccc(OCc2ccccc2)c(-c2csc(CCNC)n2)c1. The first-order valence-electron chi connectivity index (χ1n) is 9.61.